The molecule has 3 heteroatoms. The van der Waals surface area contributed by atoms with Crippen LogP contribution in [0.4, 0.5) is 0 Å². The zero-order valence-corrected chi connectivity index (χ0v) is 13.1. The van der Waals surface area contributed by atoms with Crippen LogP contribution in [0.5, 0.6) is 0 Å². The average molecular weight is 344 g/mol. The molecule has 0 amide bonds. The maximum absolute atomic E-state index is 6.43. The molecule has 0 N–H and O–H groups in total. The monoisotopic (exact) mass is 342 g/mol. The summed E-state index contributed by atoms with van der Waals surface area (Å²) in [5, 5.41) is 0.639. The van der Waals surface area contributed by atoms with Crippen molar-refractivity contribution in [3.8, 4) is 0 Å². The lowest BCUT2D eigenvalue weighted by Crippen LogP contribution is -1.96. The first-order valence-electron chi connectivity index (χ1n) is 5.71. The van der Waals surface area contributed by atoms with Crippen LogP contribution < -0.4 is 0 Å². The molecule has 1 atom stereocenters. The second-order valence-corrected chi connectivity index (χ2v) is 6.12. The Morgan fingerprint density at radius 2 is 1.78 bits per heavy atom. The largest absolute Gasteiger partial charge is 0.117 e. The zero-order valence-electron chi connectivity index (χ0n) is 9.96. The molecule has 0 spiro atoms. The SMILES string of the molecule is Cc1ccc(CC(Cl)c2ccc(Br)c(Cl)c2)cc1. The summed E-state index contributed by atoms with van der Waals surface area (Å²) in [4.78, 5) is 0. The highest BCUT2D eigenvalue weighted by molar-refractivity contribution is 9.10. The van der Waals surface area contributed by atoms with Crippen molar-refractivity contribution in [2.75, 3.05) is 0 Å². The van der Waals surface area contributed by atoms with E-state index in [4.69, 9.17) is 23.2 Å². The zero-order chi connectivity index (χ0) is 13.1. The number of aryl methyl sites for hydroxylation is 1. The second-order valence-electron chi connectivity index (χ2n) is 4.33. The molecule has 2 aromatic carbocycles. The fourth-order valence-electron chi connectivity index (χ4n) is 1.76. The molecular formula is C15H13BrCl2. The lowest BCUT2D eigenvalue weighted by Gasteiger charge is -2.11. The molecule has 2 rings (SSSR count). The number of hydrogen-bond acceptors (Lipinski definition) is 0. The van der Waals surface area contributed by atoms with Crippen molar-refractivity contribution in [2.24, 2.45) is 0 Å². The molecule has 18 heavy (non-hydrogen) atoms. The Labute approximate surface area is 126 Å². The molecule has 0 fully saturated rings. The van der Waals surface area contributed by atoms with Gasteiger partial charge in [0.2, 0.25) is 0 Å². The van der Waals surface area contributed by atoms with Crippen molar-refractivity contribution >= 4 is 39.1 Å². The Balaban J connectivity index is 2.13. The maximum Gasteiger partial charge on any atom is 0.0626 e. The normalized spacial score (nSPS) is 12.4. The lowest BCUT2D eigenvalue weighted by atomic mass is 10.0. The van der Waals surface area contributed by atoms with Crippen LogP contribution in [0.2, 0.25) is 5.02 Å². The van der Waals surface area contributed by atoms with Gasteiger partial charge in [0.1, 0.15) is 0 Å². The van der Waals surface area contributed by atoms with Gasteiger partial charge in [-0.2, -0.15) is 0 Å². The van der Waals surface area contributed by atoms with Crippen LogP contribution in [0.25, 0.3) is 0 Å². The topological polar surface area (TPSA) is 0 Å². The van der Waals surface area contributed by atoms with Gasteiger partial charge in [0.15, 0.2) is 0 Å². The van der Waals surface area contributed by atoms with Crippen LogP contribution in [0.3, 0.4) is 0 Å². The van der Waals surface area contributed by atoms with Crippen molar-refractivity contribution in [3.05, 3.63) is 68.7 Å². The predicted octanol–water partition coefficient (Wildman–Crippen LogP) is 5.93. The van der Waals surface area contributed by atoms with Gasteiger partial charge in [-0.15, -0.1) is 11.6 Å². The molecule has 2 aromatic rings. The highest BCUT2D eigenvalue weighted by Crippen LogP contribution is 2.30. The molecule has 0 saturated heterocycles. The smallest absolute Gasteiger partial charge is 0.0626 e. The second kappa shape index (κ2) is 6.10. The molecule has 0 aliphatic carbocycles. The molecule has 0 saturated carbocycles. The molecule has 94 valence electrons. The van der Waals surface area contributed by atoms with Crippen LogP contribution in [-0.4, -0.2) is 0 Å². The van der Waals surface area contributed by atoms with E-state index in [1.165, 1.54) is 11.1 Å². The third-order valence-corrected chi connectivity index (χ3v) is 4.48. The van der Waals surface area contributed by atoms with Gasteiger partial charge < -0.3 is 0 Å². The Hall–Kier alpha value is -0.500. The fourth-order valence-corrected chi connectivity index (χ4v) is 2.51. The molecule has 0 bridgehead atoms. The van der Waals surface area contributed by atoms with E-state index in [0.29, 0.717) is 5.02 Å². The Bertz CT molecular complexity index is 535. The molecule has 0 radical (unpaired) electrons. The Kier molecular flexibility index (Phi) is 4.71. The van der Waals surface area contributed by atoms with Gasteiger partial charge >= 0.3 is 0 Å². The maximum atomic E-state index is 6.43. The van der Waals surface area contributed by atoms with Crippen LogP contribution in [-0.2, 0) is 6.42 Å². The summed E-state index contributed by atoms with van der Waals surface area (Å²) >= 11 is 15.9. The highest BCUT2D eigenvalue weighted by atomic mass is 79.9. The van der Waals surface area contributed by atoms with Gasteiger partial charge in [-0.3, -0.25) is 0 Å². The summed E-state index contributed by atoms with van der Waals surface area (Å²) in [7, 11) is 0. The van der Waals surface area contributed by atoms with E-state index in [0.717, 1.165) is 16.5 Å². The van der Waals surface area contributed by atoms with Crippen molar-refractivity contribution in [1.29, 1.82) is 0 Å². The van der Waals surface area contributed by atoms with Gasteiger partial charge in [-0.05, 0) is 52.5 Å². The summed E-state index contributed by atoms with van der Waals surface area (Å²) in [6.07, 6.45) is 0.805. The standard InChI is InChI=1S/C15H13BrCl2/c1-10-2-4-11(5-3-10)8-14(17)12-6-7-13(16)15(18)9-12/h2-7,9,14H,8H2,1H3. The minimum atomic E-state index is -0.0571. The summed E-state index contributed by atoms with van der Waals surface area (Å²) in [5.41, 5.74) is 3.54. The van der Waals surface area contributed by atoms with Gasteiger partial charge in [0.05, 0.1) is 10.4 Å². The molecule has 0 aliphatic rings. The van der Waals surface area contributed by atoms with Crippen molar-refractivity contribution in [2.45, 2.75) is 18.7 Å². The number of hydrogen-bond donors (Lipinski definition) is 0. The highest BCUT2D eigenvalue weighted by Gasteiger charge is 2.10. The van der Waals surface area contributed by atoms with E-state index in [1.807, 2.05) is 18.2 Å². The first kappa shape index (κ1) is 13.9. The first-order valence-corrected chi connectivity index (χ1v) is 7.31. The number of benzene rings is 2. The van der Waals surface area contributed by atoms with Crippen molar-refractivity contribution in [3.63, 3.8) is 0 Å². The Morgan fingerprint density at radius 3 is 2.39 bits per heavy atom. The summed E-state index contributed by atoms with van der Waals surface area (Å²) in [5.74, 6) is 0. The van der Waals surface area contributed by atoms with Gasteiger partial charge in [-0.1, -0.05) is 47.5 Å². The van der Waals surface area contributed by atoms with E-state index < -0.39 is 0 Å². The Morgan fingerprint density at radius 1 is 1.11 bits per heavy atom. The number of halogens is 3. The third kappa shape index (κ3) is 3.50. The first-order chi connectivity index (χ1) is 8.56. The molecule has 1 unspecified atom stereocenters. The molecular weight excluding hydrogens is 331 g/mol. The molecule has 0 aromatic heterocycles. The molecule has 0 heterocycles. The fraction of sp³-hybridized carbons (Fsp3) is 0.200. The van der Waals surface area contributed by atoms with Crippen LogP contribution in [0, 0.1) is 6.92 Å². The van der Waals surface area contributed by atoms with E-state index >= 15 is 0 Å². The quantitative estimate of drug-likeness (QED) is 0.605. The lowest BCUT2D eigenvalue weighted by molar-refractivity contribution is 0.919. The number of alkyl halides is 1. The van der Waals surface area contributed by atoms with Gasteiger partial charge in [0, 0.05) is 4.47 Å². The van der Waals surface area contributed by atoms with E-state index in [9.17, 15) is 0 Å². The van der Waals surface area contributed by atoms with Crippen LogP contribution in [0.15, 0.2) is 46.9 Å². The van der Waals surface area contributed by atoms with E-state index in [2.05, 4.69) is 47.1 Å². The summed E-state index contributed by atoms with van der Waals surface area (Å²) in [6, 6.07) is 14.3. The predicted molar refractivity (Wildman–Crippen MR) is 82.6 cm³/mol. The van der Waals surface area contributed by atoms with Gasteiger partial charge in [0.25, 0.3) is 0 Å². The molecule has 0 nitrogen and oxygen atoms in total. The van der Waals surface area contributed by atoms with Crippen LogP contribution >= 0.6 is 39.1 Å². The minimum Gasteiger partial charge on any atom is -0.117 e. The average Bonchev–Trinajstić information content (AvgIpc) is 2.35. The number of rotatable bonds is 3. The van der Waals surface area contributed by atoms with Crippen molar-refractivity contribution in [1.82, 2.24) is 0 Å². The minimum absolute atomic E-state index is 0.0571. The molecule has 0 aliphatic heterocycles. The summed E-state index contributed by atoms with van der Waals surface area (Å²) in [6.45, 7) is 2.08. The van der Waals surface area contributed by atoms with Crippen LogP contribution in [0.1, 0.15) is 22.1 Å². The van der Waals surface area contributed by atoms with E-state index in [1.54, 1.807) is 0 Å². The van der Waals surface area contributed by atoms with Crippen molar-refractivity contribution < 1.29 is 0 Å². The summed E-state index contributed by atoms with van der Waals surface area (Å²) < 4.78 is 0.895. The van der Waals surface area contributed by atoms with E-state index in [-0.39, 0.29) is 5.38 Å². The van der Waals surface area contributed by atoms with Gasteiger partial charge in [-0.25, -0.2) is 0 Å². The third-order valence-electron chi connectivity index (χ3n) is 2.84.